The molecule has 0 aromatic carbocycles. The number of hydrogen-bond donors (Lipinski definition) is 0. The van der Waals surface area contributed by atoms with E-state index in [-0.39, 0.29) is 5.56 Å². The molecule has 0 radical (unpaired) electrons. The van der Waals surface area contributed by atoms with E-state index in [1.807, 2.05) is 13.8 Å². The van der Waals surface area contributed by atoms with Crippen LogP contribution in [-0.2, 0) is 6.54 Å². The molecule has 20 heavy (non-hydrogen) atoms. The summed E-state index contributed by atoms with van der Waals surface area (Å²) in [7, 11) is 3.12. The van der Waals surface area contributed by atoms with Gasteiger partial charge >= 0.3 is 0 Å². The van der Waals surface area contributed by atoms with Gasteiger partial charge in [0.2, 0.25) is 0 Å². The van der Waals surface area contributed by atoms with Crippen LogP contribution in [0.5, 0.6) is 11.5 Å². The minimum atomic E-state index is -0.171. The lowest BCUT2D eigenvalue weighted by Crippen LogP contribution is -2.22. The van der Waals surface area contributed by atoms with E-state index in [9.17, 15) is 4.79 Å². The third kappa shape index (κ3) is 2.52. The van der Waals surface area contributed by atoms with Gasteiger partial charge in [-0.15, -0.1) is 0 Å². The van der Waals surface area contributed by atoms with Crippen molar-refractivity contribution in [2.45, 2.75) is 20.4 Å². The predicted octanol–water partition coefficient (Wildman–Crippen LogP) is 1.93. The normalized spacial score (nSPS) is 10.4. The summed E-state index contributed by atoms with van der Waals surface area (Å²) in [6, 6.07) is 3.43. The summed E-state index contributed by atoms with van der Waals surface area (Å²) >= 11 is 0. The standard InChI is InChI=1S/C15H18N2O3/c1-10-8-16-12(11(2)14(10)20-4)9-17-7-5-6-13(19-3)15(17)18/h5-8H,9H2,1-4H3. The number of aromatic nitrogens is 2. The Labute approximate surface area is 117 Å². The lowest BCUT2D eigenvalue weighted by molar-refractivity contribution is 0.402. The van der Waals surface area contributed by atoms with Gasteiger partial charge in [0.05, 0.1) is 26.5 Å². The molecular weight excluding hydrogens is 256 g/mol. The molecule has 2 aromatic heterocycles. The molecule has 0 aliphatic carbocycles. The topological polar surface area (TPSA) is 53.4 Å². The maximum atomic E-state index is 12.1. The highest BCUT2D eigenvalue weighted by molar-refractivity contribution is 5.41. The van der Waals surface area contributed by atoms with Crippen LogP contribution in [0.2, 0.25) is 0 Å². The fourth-order valence-electron chi connectivity index (χ4n) is 2.19. The zero-order chi connectivity index (χ0) is 14.7. The van der Waals surface area contributed by atoms with E-state index in [0.29, 0.717) is 12.3 Å². The van der Waals surface area contributed by atoms with E-state index in [1.54, 1.807) is 36.2 Å². The van der Waals surface area contributed by atoms with Gasteiger partial charge in [-0.25, -0.2) is 0 Å². The molecule has 0 amide bonds. The Morgan fingerprint density at radius 3 is 2.65 bits per heavy atom. The Bertz CT molecular complexity index is 677. The summed E-state index contributed by atoms with van der Waals surface area (Å²) in [5.41, 5.74) is 2.56. The van der Waals surface area contributed by atoms with Crippen molar-refractivity contribution < 1.29 is 9.47 Å². The molecule has 0 saturated carbocycles. The second kappa shape index (κ2) is 5.77. The minimum absolute atomic E-state index is 0.171. The van der Waals surface area contributed by atoms with E-state index in [2.05, 4.69) is 4.98 Å². The van der Waals surface area contributed by atoms with Crippen LogP contribution in [0.4, 0.5) is 0 Å². The van der Waals surface area contributed by atoms with Crippen molar-refractivity contribution in [3.63, 3.8) is 0 Å². The van der Waals surface area contributed by atoms with Crippen LogP contribution in [0.1, 0.15) is 16.8 Å². The summed E-state index contributed by atoms with van der Waals surface area (Å²) in [5, 5.41) is 0. The number of aryl methyl sites for hydroxylation is 1. The van der Waals surface area contributed by atoms with Gasteiger partial charge in [-0.2, -0.15) is 0 Å². The number of ether oxygens (including phenoxy) is 2. The SMILES string of the molecule is COc1c(C)cnc(Cn2cccc(OC)c2=O)c1C. The monoisotopic (exact) mass is 274 g/mol. The van der Waals surface area contributed by atoms with Crippen molar-refractivity contribution in [2.75, 3.05) is 14.2 Å². The predicted molar refractivity (Wildman–Crippen MR) is 76.6 cm³/mol. The van der Waals surface area contributed by atoms with Crippen LogP contribution in [0.15, 0.2) is 29.3 Å². The van der Waals surface area contributed by atoms with E-state index < -0.39 is 0 Å². The van der Waals surface area contributed by atoms with Crippen LogP contribution in [0.3, 0.4) is 0 Å². The van der Waals surface area contributed by atoms with Crippen LogP contribution in [0, 0.1) is 13.8 Å². The average molecular weight is 274 g/mol. The Morgan fingerprint density at radius 2 is 2.00 bits per heavy atom. The molecule has 106 valence electrons. The van der Waals surface area contributed by atoms with Crippen molar-refractivity contribution in [1.82, 2.24) is 9.55 Å². The van der Waals surface area contributed by atoms with Gasteiger partial charge in [-0.1, -0.05) is 0 Å². The smallest absolute Gasteiger partial charge is 0.293 e. The van der Waals surface area contributed by atoms with Crippen molar-refractivity contribution in [3.05, 3.63) is 51.7 Å². The molecule has 0 unspecified atom stereocenters. The van der Waals surface area contributed by atoms with Crippen molar-refractivity contribution in [2.24, 2.45) is 0 Å². The molecule has 2 heterocycles. The Hall–Kier alpha value is -2.30. The zero-order valence-corrected chi connectivity index (χ0v) is 12.1. The molecule has 0 N–H and O–H groups in total. The first-order chi connectivity index (χ1) is 9.58. The number of hydrogen-bond acceptors (Lipinski definition) is 4. The maximum absolute atomic E-state index is 12.1. The van der Waals surface area contributed by atoms with E-state index in [4.69, 9.17) is 9.47 Å². The Balaban J connectivity index is 2.43. The number of rotatable bonds is 4. The molecule has 5 nitrogen and oxygen atoms in total. The number of nitrogens with zero attached hydrogens (tertiary/aromatic N) is 2. The Kier molecular flexibility index (Phi) is 4.08. The summed E-state index contributed by atoms with van der Waals surface area (Å²) in [6.45, 7) is 4.28. The van der Waals surface area contributed by atoms with Crippen molar-refractivity contribution in [3.8, 4) is 11.5 Å². The molecule has 5 heteroatoms. The fraction of sp³-hybridized carbons (Fsp3) is 0.333. The number of pyridine rings is 2. The van der Waals surface area contributed by atoms with Gasteiger partial charge in [0.1, 0.15) is 5.75 Å². The summed E-state index contributed by atoms with van der Waals surface area (Å²) in [4.78, 5) is 16.5. The van der Waals surface area contributed by atoms with E-state index in [0.717, 1.165) is 22.6 Å². The zero-order valence-electron chi connectivity index (χ0n) is 12.1. The van der Waals surface area contributed by atoms with Crippen LogP contribution in [0.25, 0.3) is 0 Å². The third-order valence-electron chi connectivity index (χ3n) is 3.28. The molecule has 0 spiro atoms. The third-order valence-corrected chi connectivity index (χ3v) is 3.28. The highest BCUT2D eigenvalue weighted by Gasteiger charge is 2.11. The molecule has 0 fully saturated rings. The molecular formula is C15H18N2O3. The van der Waals surface area contributed by atoms with Crippen molar-refractivity contribution >= 4 is 0 Å². The van der Waals surface area contributed by atoms with Gasteiger partial charge in [0, 0.05) is 23.5 Å². The summed E-state index contributed by atoms with van der Waals surface area (Å²) in [6.07, 6.45) is 3.48. The second-order valence-corrected chi connectivity index (χ2v) is 4.56. The van der Waals surface area contributed by atoms with Gasteiger partial charge < -0.3 is 14.0 Å². The number of methoxy groups -OCH3 is 2. The molecule has 0 bridgehead atoms. The first-order valence-electron chi connectivity index (χ1n) is 6.31. The summed E-state index contributed by atoms with van der Waals surface area (Å²) < 4.78 is 12.0. The van der Waals surface area contributed by atoms with Gasteiger partial charge in [0.25, 0.3) is 5.56 Å². The average Bonchev–Trinajstić information content (AvgIpc) is 2.44. The molecule has 0 aliphatic rings. The highest BCUT2D eigenvalue weighted by atomic mass is 16.5. The van der Waals surface area contributed by atoms with Gasteiger partial charge in [0.15, 0.2) is 5.75 Å². The van der Waals surface area contributed by atoms with E-state index in [1.165, 1.54) is 7.11 Å². The molecule has 0 aliphatic heterocycles. The first kappa shape index (κ1) is 14.1. The molecule has 0 atom stereocenters. The Morgan fingerprint density at radius 1 is 1.25 bits per heavy atom. The first-order valence-corrected chi connectivity index (χ1v) is 6.31. The lowest BCUT2D eigenvalue weighted by Gasteiger charge is -2.13. The highest BCUT2D eigenvalue weighted by Crippen LogP contribution is 2.24. The fourth-order valence-corrected chi connectivity index (χ4v) is 2.19. The minimum Gasteiger partial charge on any atom is -0.496 e. The molecule has 2 aromatic rings. The quantitative estimate of drug-likeness (QED) is 0.855. The largest absolute Gasteiger partial charge is 0.496 e. The van der Waals surface area contributed by atoms with Gasteiger partial charge in [-0.05, 0) is 26.0 Å². The van der Waals surface area contributed by atoms with Gasteiger partial charge in [-0.3, -0.25) is 9.78 Å². The molecule has 2 rings (SSSR count). The van der Waals surface area contributed by atoms with Crippen LogP contribution >= 0.6 is 0 Å². The second-order valence-electron chi connectivity index (χ2n) is 4.56. The summed E-state index contributed by atoms with van der Waals surface area (Å²) in [5.74, 6) is 1.13. The van der Waals surface area contributed by atoms with E-state index >= 15 is 0 Å². The maximum Gasteiger partial charge on any atom is 0.293 e. The molecule has 0 saturated heterocycles. The lowest BCUT2D eigenvalue weighted by atomic mass is 10.1. The van der Waals surface area contributed by atoms with Crippen molar-refractivity contribution in [1.29, 1.82) is 0 Å². The van der Waals surface area contributed by atoms with Crippen LogP contribution in [-0.4, -0.2) is 23.8 Å². The van der Waals surface area contributed by atoms with Crippen LogP contribution < -0.4 is 15.0 Å².